The molecule has 0 radical (unpaired) electrons. The first-order valence-electron chi connectivity index (χ1n) is 6.24. The van der Waals surface area contributed by atoms with Crippen LogP contribution >= 0.6 is 0 Å². The van der Waals surface area contributed by atoms with Crippen molar-refractivity contribution in [3.05, 3.63) is 35.4 Å². The molecule has 0 spiro atoms. The number of benzene rings is 1. The topological polar surface area (TPSA) is 52.3 Å². The van der Waals surface area contributed by atoms with Crippen molar-refractivity contribution in [3.63, 3.8) is 0 Å². The zero-order valence-electron chi connectivity index (χ0n) is 10.4. The van der Waals surface area contributed by atoms with Crippen molar-refractivity contribution in [3.8, 4) is 0 Å². The molecule has 0 aliphatic heterocycles. The minimum atomic E-state index is -0.236. The summed E-state index contributed by atoms with van der Waals surface area (Å²) < 4.78 is 5.17. The van der Waals surface area contributed by atoms with Crippen molar-refractivity contribution in [2.75, 3.05) is 13.2 Å². The molecule has 1 rings (SSSR count). The molecule has 0 amide bonds. The molecule has 1 aromatic rings. The van der Waals surface area contributed by atoms with Gasteiger partial charge in [0.2, 0.25) is 0 Å². The maximum Gasteiger partial charge on any atom is 0.338 e. The summed E-state index contributed by atoms with van der Waals surface area (Å²) in [5.41, 5.74) is 7.22. The molecule has 2 N–H and O–H groups in total. The zero-order valence-corrected chi connectivity index (χ0v) is 10.4. The van der Waals surface area contributed by atoms with Crippen molar-refractivity contribution in [1.29, 1.82) is 0 Å². The third-order valence-electron chi connectivity index (χ3n) is 2.60. The van der Waals surface area contributed by atoms with Crippen LogP contribution in [0.3, 0.4) is 0 Å². The van der Waals surface area contributed by atoms with E-state index in [9.17, 15) is 4.79 Å². The fourth-order valence-electron chi connectivity index (χ4n) is 1.57. The molecule has 0 atom stereocenters. The van der Waals surface area contributed by atoms with E-state index in [2.05, 4.69) is 6.92 Å². The molecule has 0 saturated heterocycles. The molecule has 94 valence electrons. The quantitative estimate of drug-likeness (QED) is 0.583. The highest BCUT2D eigenvalue weighted by Gasteiger charge is 2.06. The second kappa shape index (κ2) is 7.85. The highest BCUT2D eigenvalue weighted by Crippen LogP contribution is 2.07. The minimum Gasteiger partial charge on any atom is -0.462 e. The van der Waals surface area contributed by atoms with E-state index in [1.165, 1.54) is 0 Å². The summed E-state index contributed by atoms with van der Waals surface area (Å²) in [5.74, 6) is -0.236. The maximum atomic E-state index is 11.6. The summed E-state index contributed by atoms with van der Waals surface area (Å²) in [7, 11) is 0. The van der Waals surface area contributed by atoms with E-state index in [0.717, 1.165) is 31.2 Å². The number of rotatable bonds is 7. The lowest BCUT2D eigenvalue weighted by Crippen LogP contribution is -2.07. The van der Waals surface area contributed by atoms with Gasteiger partial charge < -0.3 is 10.5 Å². The Bertz CT molecular complexity index is 333. The molecule has 0 bridgehead atoms. The number of hydrogen-bond acceptors (Lipinski definition) is 3. The van der Waals surface area contributed by atoms with Gasteiger partial charge in [-0.2, -0.15) is 0 Å². The summed E-state index contributed by atoms with van der Waals surface area (Å²) in [6.45, 7) is 3.26. The molecule has 1 aromatic carbocycles. The van der Waals surface area contributed by atoms with Gasteiger partial charge in [-0.05, 0) is 37.1 Å². The first-order chi connectivity index (χ1) is 8.27. The fourth-order valence-corrected chi connectivity index (χ4v) is 1.57. The Balaban J connectivity index is 2.40. The van der Waals surface area contributed by atoms with Gasteiger partial charge in [0.25, 0.3) is 0 Å². The van der Waals surface area contributed by atoms with E-state index in [-0.39, 0.29) is 5.97 Å². The second-order valence-electron chi connectivity index (χ2n) is 4.08. The number of ether oxygens (including phenoxy) is 1. The first-order valence-corrected chi connectivity index (χ1v) is 6.24. The number of carbonyl (C=O) groups is 1. The number of esters is 1. The normalized spacial score (nSPS) is 10.2. The van der Waals surface area contributed by atoms with E-state index in [1.54, 1.807) is 12.1 Å². The van der Waals surface area contributed by atoms with Crippen molar-refractivity contribution >= 4 is 5.97 Å². The Labute approximate surface area is 103 Å². The highest BCUT2D eigenvalue weighted by molar-refractivity contribution is 5.89. The Morgan fingerprint density at radius 3 is 2.53 bits per heavy atom. The average Bonchev–Trinajstić information content (AvgIpc) is 2.36. The Kier molecular flexibility index (Phi) is 6.33. The third-order valence-corrected chi connectivity index (χ3v) is 2.60. The highest BCUT2D eigenvalue weighted by atomic mass is 16.5. The molecule has 0 aliphatic rings. The van der Waals surface area contributed by atoms with E-state index in [0.29, 0.717) is 18.7 Å². The molecular formula is C14H21NO2. The number of unbranched alkanes of at least 4 members (excludes halogenated alkanes) is 2. The lowest BCUT2D eigenvalue weighted by Gasteiger charge is -2.05. The Morgan fingerprint density at radius 1 is 1.24 bits per heavy atom. The van der Waals surface area contributed by atoms with Crippen molar-refractivity contribution in [2.24, 2.45) is 5.73 Å². The minimum absolute atomic E-state index is 0.236. The van der Waals surface area contributed by atoms with Gasteiger partial charge in [-0.15, -0.1) is 0 Å². The van der Waals surface area contributed by atoms with Crippen LogP contribution in [0.4, 0.5) is 0 Å². The van der Waals surface area contributed by atoms with Crippen molar-refractivity contribution in [1.82, 2.24) is 0 Å². The fraction of sp³-hybridized carbons (Fsp3) is 0.500. The van der Waals surface area contributed by atoms with E-state index >= 15 is 0 Å². The van der Waals surface area contributed by atoms with Crippen LogP contribution in [0.15, 0.2) is 24.3 Å². The predicted molar refractivity (Wildman–Crippen MR) is 69.0 cm³/mol. The predicted octanol–water partition coefficient (Wildman–Crippen LogP) is 2.53. The van der Waals surface area contributed by atoms with Gasteiger partial charge in [0.15, 0.2) is 0 Å². The molecule has 0 aromatic heterocycles. The van der Waals surface area contributed by atoms with Gasteiger partial charge in [-0.25, -0.2) is 4.79 Å². The van der Waals surface area contributed by atoms with E-state index in [4.69, 9.17) is 10.5 Å². The van der Waals surface area contributed by atoms with Crippen LogP contribution < -0.4 is 5.73 Å². The molecule has 0 heterocycles. The van der Waals surface area contributed by atoms with Crippen LogP contribution in [0.5, 0.6) is 0 Å². The van der Waals surface area contributed by atoms with Crippen LogP contribution in [0.1, 0.15) is 42.1 Å². The molecule has 0 saturated carbocycles. The number of nitrogens with two attached hydrogens (primary N) is 1. The zero-order chi connectivity index (χ0) is 12.5. The smallest absolute Gasteiger partial charge is 0.338 e. The van der Waals surface area contributed by atoms with Crippen LogP contribution in [0.2, 0.25) is 0 Å². The molecule has 3 heteroatoms. The van der Waals surface area contributed by atoms with Crippen molar-refractivity contribution in [2.45, 2.75) is 32.6 Å². The lowest BCUT2D eigenvalue weighted by atomic mass is 10.1. The summed E-state index contributed by atoms with van der Waals surface area (Å²) in [5, 5.41) is 0. The van der Waals surface area contributed by atoms with Gasteiger partial charge in [-0.1, -0.05) is 31.9 Å². The summed E-state index contributed by atoms with van der Waals surface area (Å²) >= 11 is 0. The van der Waals surface area contributed by atoms with Crippen LogP contribution in [-0.4, -0.2) is 19.1 Å². The molecular weight excluding hydrogens is 214 g/mol. The van der Waals surface area contributed by atoms with E-state index < -0.39 is 0 Å². The third kappa shape index (κ3) is 5.00. The van der Waals surface area contributed by atoms with Gasteiger partial charge in [0.1, 0.15) is 0 Å². The van der Waals surface area contributed by atoms with Gasteiger partial charge in [0, 0.05) is 0 Å². The van der Waals surface area contributed by atoms with Crippen molar-refractivity contribution < 1.29 is 9.53 Å². The molecule has 0 aliphatic carbocycles. The van der Waals surface area contributed by atoms with E-state index in [1.807, 2.05) is 12.1 Å². The molecule has 0 unspecified atom stereocenters. The van der Waals surface area contributed by atoms with Crippen LogP contribution in [0, 0.1) is 0 Å². The SMILES string of the molecule is CCCCCOC(=O)c1ccc(CCN)cc1. The molecule has 3 nitrogen and oxygen atoms in total. The monoisotopic (exact) mass is 235 g/mol. The Morgan fingerprint density at radius 2 is 1.94 bits per heavy atom. The first kappa shape index (κ1) is 13.7. The molecule has 0 fully saturated rings. The standard InChI is InChI=1S/C14H21NO2/c1-2-3-4-11-17-14(16)13-7-5-12(6-8-13)9-10-15/h5-8H,2-4,9-11,15H2,1H3. The largest absolute Gasteiger partial charge is 0.462 e. The summed E-state index contributed by atoms with van der Waals surface area (Å²) in [6.07, 6.45) is 4.01. The summed E-state index contributed by atoms with van der Waals surface area (Å²) in [6, 6.07) is 7.45. The Hall–Kier alpha value is -1.35. The molecule has 17 heavy (non-hydrogen) atoms. The second-order valence-corrected chi connectivity index (χ2v) is 4.08. The number of carbonyl (C=O) groups excluding carboxylic acids is 1. The lowest BCUT2D eigenvalue weighted by molar-refractivity contribution is 0.0498. The number of hydrogen-bond donors (Lipinski definition) is 1. The van der Waals surface area contributed by atoms with Crippen LogP contribution in [-0.2, 0) is 11.2 Å². The van der Waals surface area contributed by atoms with Gasteiger partial charge >= 0.3 is 5.97 Å². The van der Waals surface area contributed by atoms with Crippen LogP contribution in [0.25, 0.3) is 0 Å². The average molecular weight is 235 g/mol. The maximum absolute atomic E-state index is 11.6. The summed E-state index contributed by atoms with van der Waals surface area (Å²) in [4.78, 5) is 11.6. The van der Waals surface area contributed by atoms with Gasteiger partial charge in [-0.3, -0.25) is 0 Å². The van der Waals surface area contributed by atoms with Gasteiger partial charge in [0.05, 0.1) is 12.2 Å².